The van der Waals surface area contributed by atoms with Crippen LogP contribution in [0.5, 0.6) is 0 Å². The fraction of sp³-hybridized carbons (Fsp3) is 0.579. The molecular formula is C19H25BrN2O3. The molecule has 0 unspecified atom stereocenters. The number of hydrogen-bond donors (Lipinski definition) is 0. The summed E-state index contributed by atoms with van der Waals surface area (Å²) >= 11 is 3.24. The van der Waals surface area contributed by atoms with Gasteiger partial charge in [0.2, 0.25) is 11.8 Å². The molecule has 0 spiro atoms. The molecule has 2 saturated heterocycles. The lowest BCUT2D eigenvalue weighted by Gasteiger charge is -2.33. The molecule has 1 aromatic heterocycles. The van der Waals surface area contributed by atoms with E-state index >= 15 is 0 Å². The summed E-state index contributed by atoms with van der Waals surface area (Å²) in [5.74, 6) is 0.997. The van der Waals surface area contributed by atoms with Gasteiger partial charge in [0.1, 0.15) is 5.76 Å². The number of hydrogen-bond acceptors (Lipinski definition) is 3. The monoisotopic (exact) mass is 408 g/mol. The summed E-state index contributed by atoms with van der Waals surface area (Å²) in [4.78, 5) is 28.8. The second-order valence-electron chi connectivity index (χ2n) is 6.81. The number of furan rings is 1. The van der Waals surface area contributed by atoms with Gasteiger partial charge in [-0.25, -0.2) is 0 Å². The fourth-order valence-electron chi connectivity index (χ4n) is 3.57. The molecule has 0 atom stereocenters. The van der Waals surface area contributed by atoms with E-state index in [9.17, 15) is 9.59 Å². The van der Waals surface area contributed by atoms with Gasteiger partial charge in [-0.1, -0.05) is 12.8 Å². The van der Waals surface area contributed by atoms with Crippen molar-refractivity contribution in [1.82, 2.24) is 9.80 Å². The zero-order valence-electron chi connectivity index (χ0n) is 14.5. The van der Waals surface area contributed by atoms with Gasteiger partial charge in [-0.2, -0.15) is 0 Å². The molecule has 3 rings (SSSR count). The third-order valence-corrected chi connectivity index (χ3v) is 5.48. The number of halogens is 1. The molecule has 6 heteroatoms. The van der Waals surface area contributed by atoms with Gasteiger partial charge in [-0.3, -0.25) is 9.59 Å². The minimum absolute atomic E-state index is 0.0202. The van der Waals surface area contributed by atoms with E-state index in [1.165, 1.54) is 12.8 Å². The van der Waals surface area contributed by atoms with E-state index in [0.717, 1.165) is 38.8 Å². The predicted molar refractivity (Wildman–Crippen MR) is 99.8 cm³/mol. The van der Waals surface area contributed by atoms with Gasteiger partial charge < -0.3 is 14.2 Å². The van der Waals surface area contributed by atoms with Crippen LogP contribution in [0.15, 0.2) is 27.3 Å². The van der Waals surface area contributed by atoms with Crippen LogP contribution in [0.1, 0.15) is 44.3 Å². The normalized spacial score (nSPS) is 20.0. The Labute approximate surface area is 157 Å². The number of likely N-dealkylation sites (tertiary alicyclic amines) is 2. The molecule has 0 N–H and O–H groups in total. The van der Waals surface area contributed by atoms with Crippen molar-refractivity contribution in [2.24, 2.45) is 5.92 Å². The number of rotatable bonds is 3. The maximum Gasteiger partial charge on any atom is 0.246 e. The van der Waals surface area contributed by atoms with Gasteiger partial charge in [-0.05, 0) is 59.8 Å². The highest BCUT2D eigenvalue weighted by Crippen LogP contribution is 2.22. The lowest BCUT2D eigenvalue weighted by atomic mass is 9.95. The van der Waals surface area contributed by atoms with Crippen LogP contribution in [0.25, 0.3) is 6.08 Å². The van der Waals surface area contributed by atoms with Crippen LogP contribution in [0, 0.1) is 5.92 Å². The number of carbonyl (C=O) groups is 2. The largest absolute Gasteiger partial charge is 0.450 e. The SMILES string of the molecule is O=C(/C=C/c1ccc(Br)o1)N1CCC(C(=O)N2CCCCCC2)CC1. The minimum atomic E-state index is -0.0202. The molecule has 2 aliphatic rings. The minimum Gasteiger partial charge on any atom is -0.450 e. The lowest BCUT2D eigenvalue weighted by Crippen LogP contribution is -2.44. The van der Waals surface area contributed by atoms with Gasteiger partial charge in [0, 0.05) is 38.2 Å². The Hall–Kier alpha value is -1.56. The molecule has 2 fully saturated rings. The second-order valence-corrected chi connectivity index (χ2v) is 7.60. The summed E-state index contributed by atoms with van der Waals surface area (Å²) in [5, 5.41) is 0. The highest BCUT2D eigenvalue weighted by Gasteiger charge is 2.29. The van der Waals surface area contributed by atoms with Crippen LogP contribution in [0.4, 0.5) is 0 Å². The topological polar surface area (TPSA) is 53.8 Å². The maximum atomic E-state index is 12.7. The summed E-state index contributed by atoms with van der Waals surface area (Å²) in [6, 6.07) is 3.60. The van der Waals surface area contributed by atoms with Crippen molar-refractivity contribution in [3.63, 3.8) is 0 Å². The molecule has 3 heterocycles. The van der Waals surface area contributed by atoms with E-state index in [0.29, 0.717) is 29.4 Å². The molecule has 0 aliphatic carbocycles. The summed E-state index contributed by atoms with van der Waals surface area (Å²) in [7, 11) is 0. The lowest BCUT2D eigenvalue weighted by molar-refractivity contribution is -0.139. The molecule has 0 radical (unpaired) electrons. The Kier molecular flexibility index (Phi) is 6.34. The summed E-state index contributed by atoms with van der Waals surface area (Å²) in [6.07, 6.45) is 9.46. The van der Waals surface area contributed by atoms with E-state index in [1.807, 2.05) is 9.80 Å². The Morgan fingerprint density at radius 3 is 2.28 bits per heavy atom. The first-order valence-corrected chi connectivity index (χ1v) is 9.94. The van der Waals surface area contributed by atoms with Gasteiger partial charge >= 0.3 is 0 Å². The first kappa shape index (κ1) is 18.2. The maximum absolute atomic E-state index is 12.7. The van der Waals surface area contributed by atoms with Crippen molar-refractivity contribution in [2.45, 2.75) is 38.5 Å². The van der Waals surface area contributed by atoms with E-state index in [-0.39, 0.29) is 11.8 Å². The van der Waals surface area contributed by atoms with Crippen LogP contribution >= 0.6 is 15.9 Å². The standard InChI is InChI=1S/C19H25BrN2O3/c20-17-7-5-16(25-17)6-8-18(23)21-13-9-15(10-14-21)19(24)22-11-3-1-2-4-12-22/h5-8,15H,1-4,9-14H2/b8-6+. The van der Waals surface area contributed by atoms with E-state index < -0.39 is 0 Å². The third kappa shape index (κ3) is 4.97. The van der Waals surface area contributed by atoms with Crippen molar-refractivity contribution in [2.75, 3.05) is 26.2 Å². The van der Waals surface area contributed by atoms with Gasteiger partial charge in [-0.15, -0.1) is 0 Å². The molecule has 0 aromatic carbocycles. The molecular weight excluding hydrogens is 384 g/mol. The summed E-state index contributed by atoms with van der Waals surface area (Å²) < 4.78 is 6.00. The number of piperidine rings is 1. The molecule has 136 valence electrons. The average molecular weight is 409 g/mol. The Bertz CT molecular complexity index is 624. The Morgan fingerprint density at radius 1 is 1.00 bits per heavy atom. The van der Waals surface area contributed by atoms with Crippen molar-refractivity contribution >= 4 is 33.8 Å². The van der Waals surface area contributed by atoms with Gasteiger partial charge in [0.15, 0.2) is 4.67 Å². The van der Waals surface area contributed by atoms with Crippen molar-refractivity contribution < 1.29 is 14.0 Å². The molecule has 25 heavy (non-hydrogen) atoms. The van der Waals surface area contributed by atoms with Crippen LogP contribution in [0.2, 0.25) is 0 Å². The van der Waals surface area contributed by atoms with Crippen molar-refractivity contribution in [1.29, 1.82) is 0 Å². The van der Waals surface area contributed by atoms with Gasteiger partial charge in [0.05, 0.1) is 0 Å². The molecule has 5 nitrogen and oxygen atoms in total. The molecule has 0 saturated carbocycles. The highest BCUT2D eigenvalue weighted by molar-refractivity contribution is 9.10. The average Bonchev–Trinajstić information content (AvgIpc) is 2.87. The molecule has 2 aliphatic heterocycles. The quantitative estimate of drug-likeness (QED) is 0.716. The van der Waals surface area contributed by atoms with Crippen LogP contribution in [-0.2, 0) is 9.59 Å². The van der Waals surface area contributed by atoms with Crippen molar-refractivity contribution in [3.8, 4) is 0 Å². The Balaban J connectivity index is 1.48. The number of amides is 2. The van der Waals surface area contributed by atoms with Crippen molar-refractivity contribution in [3.05, 3.63) is 28.6 Å². The van der Waals surface area contributed by atoms with E-state index in [4.69, 9.17) is 4.42 Å². The molecule has 2 amide bonds. The summed E-state index contributed by atoms with van der Waals surface area (Å²) in [5.41, 5.74) is 0. The Morgan fingerprint density at radius 2 is 1.68 bits per heavy atom. The van der Waals surface area contributed by atoms with E-state index in [1.54, 1.807) is 24.3 Å². The zero-order chi connectivity index (χ0) is 17.6. The summed E-state index contributed by atoms with van der Waals surface area (Å²) in [6.45, 7) is 3.10. The third-order valence-electron chi connectivity index (χ3n) is 5.06. The second kappa shape index (κ2) is 8.70. The highest BCUT2D eigenvalue weighted by atomic mass is 79.9. The van der Waals surface area contributed by atoms with E-state index in [2.05, 4.69) is 15.9 Å². The smallest absolute Gasteiger partial charge is 0.246 e. The van der Waals surface area contributed by atoms with Crippen LogP contribution in [0.3, 0.4) is 0 Å². The predicted octanol–water partition coefficient (Wildman–Crippen LogP) is 3.70. The number of carbonyl (C=O) groups excluding carboxylic acids is 2. The zero-order valence-corrected chi connectivity index (χ0v) is 16.0. The first-order valence-electron chi connectivity index (χ1n) is 9.14. The van der Waals surface area contributed by atoms with Gasteiger partial charge in [0.25, 0.3) is 0 Å². The first-order chi connectivity index (χ1) is 12.1. The molecule has 0 bridgehead atoms. The van der Waals surface area contributed by atoms with Crippen LogP contribution < -0.4 is 0 Å². The van der Waals surface area contributed by atoms with Crippen LogP contribution in [-0.4, -0.2) is 47.8 Å². The molecule has 1 aromatic rings. The fourth-order valence-corrected chi connectivity index (χ4v) is 3.89. The number of nitrogens with zero attached hydrogens (tertiary/aromatic N) is 2.